The molecule has 0 aliphatic rings. The van der Waals surface area contributed by atoms with Crippen LogP contribution in [0.25, 0.3) is 0 Å². The van der Waals surface area contributed by atoms with Crippen LogP contribution in [0.4, 0.5) is 5.69 Å². The van der Waals surface area contributed by atoms with Gasteiger partial charge in [-0.2, -0.15) is 0 Å². The number of hydrogen-bond acceptors (Lipinski definition) is 3. The maximum atomic E-state index is 12.0. The maximum absolute atomic E-state index is 12.0. The van der Waals surface area contributed by atoms with Crippen molar-refractivity contribution in [3.63, 3.8) is 0 Å². The van der Waals surface area contributed by atoms with Crippen molar-refractivity contribution in [1.29, 1.82) is 0 Å². The van der Waals surface area contributed by atoms with Crippen molar-refractivity contribution < 1.29 is 13.2 Å². The Kier molecular flexibility index (Phi) is 7.94. The zero-order valence-electron chi connectivity index (χ0n) is 15.4. The lowest BCUT2D eigenvalue weighted by Gasteiger charge is -2.18. The lowest BCUT2D eigenvalue weighted by Crippen LogP contribution is -2.30. The first-order valence-electron chi connectivity index (χ1n) is 8.71. The lowest BCUT2D eigenvalue weighted by atomic mass is 10.1. The molecule has 0 unspecified atom stereocenters. The summed E-state index contributed by atoms with van der Waals surface area (Å²) in [5, 5.41) is 2.76. The van der Waals surface area contributed by atoms with Crippen LogP contribution in [-0.2, 0) is 21.1 Å². The molecule has 1 N–H and O–H groups in total. The van der Waals surface area contributed by atoms with Crippen LogP contribution in [0.5, 0.6) is 0 Å². The minimum Gasteiger partial charge on any atom is -0.326 e. The molecular weight excluding hydrogens is 322 g/mol. The number of carbonyl (C=O) groups excluding carboxylic acids is 1. The summed E-state index contributed by atoms with van der Waals surface area (Å²) in [6.45, 7) is 6.79. The van der Waals surface area contributed by atoms with E-state index in [1.54, 1.807) is 20.8 Å². The Morgan fingerprint density at radius 1 is 0.958 bits per heavy atom. The summed E-state index contributed by atoms with van der Waals surface area (Å²) in [7, 11) is -2.98. The van der Waals surface area contributed by atoms with Crippen molar-refractivity contribution in [2.45, 2.75) is 71.0 Å². The standard InChI is InChI=1S/C19H31NO3S/c1-16(21)20-18-13-11-17(12-14-18)10-8-6-5-7-9-15-24(22,23)19(2,3)4/h11-14H,5-10,15H2,1-4H3,(H,20,21). The van der Waals surface area contributed by atoms with Gasteiger partial charge in [0.15, 0.2) is 9.84 Å². The van der Waals surface area contributed by atoms with Gasteiger partial charge in [-0.15, -0.1) is 0 Å². The molecule has 136 valence electrons. The second-order valence-corrected chi connectivity index (χ2v) is 10.2. The van der Waals surface area contributed by atoms with Gasteiger partial charge in [0, 0.05) is 12.6 Å². The monoisotopic (exact) mass is 353 g/mol. The zero-order chi connectivity index (χ0) is 18.2. The molecule has 0 saturated carbocycles. The predicted octanol–water partition coefficient (Wildman–Crippen LogP) is 4.35. The minimum absolute atomic E-state index is 0.0591. The van der Waals surface area contributed by atoms with E-state index in [0.717, 1.165) is 44.2 Å². The van der Waals surface area contributed by atoms with Gasteiger partial charge in [-0.25, -0.2) is 8.42 Å². The van der Waals surface area contributed by atoms with Crippen molar-refractivity contribution in [2.24, 2.45) is 0 Å². The average Bonchev–Trinajstić information content (AvgIpc) is 2.46. The van der Waals surface area contributed by atoms with E-state index in [1.165, 1.54) is 12.5 Å². The molecule has 0 spiro atoms. The Morgan fingerprint density at radius 3 is 2.04 bits per heavy atom. The topological polar surface area (TPSA) is 63.2 Å². The number of amides is 1. The molecule has 1 rings (SSSR count). The van der Waals surface area contributed by atoms with E-state index < -0.39 is 14.6 Å². The molecule has 1 amide bonds. The molecule has 0 radical (unpaired) electrons. The molecule has 1 aromatic carbocycles. The highest BCUT2D eigenvalue weighted by Crippen LogP contribution is 2.18. The van der Waals surface area contributed by atoms with Crippen molar-refractivity contribution in [2.75, 3.05) is 11.1 Å². The summed E-state index contributed by atoms with van der Waals surface area (Å²) in [5.41, 5.74) is 2.09. The van der Waals surface area contributed by atoms with Crippen molar-refractivity contribution in [1.82, 2.24) is 0 Å². The number of anilines is 1. The van der Waals surface area contributed by atoms with E-state index in [0.29, 0.717) is 5.75 Å². The van der Waals surface area contributed by atoms with E-state index in [4.69, 9.17) is 0 Å². The van der Waals surface area contributed by atoms with Crippen LogP contribution in [0, 0.1) is 0 Å². The normalized spacial score (nSPS) is 12.2. The van der Waals surface area contributed by atoms with Crippen LogP contribution >= 0.6 is 0 Å². The Bertz CT molecular complexity index is 613. The fourth-order valence-corrected chi connectivity index (χ4v) is 3.61. The first kappa shape index (κ1) is 20.7. The molecule has 5 heteroatoms. The number of aryl methyl sites for hydroxylation is 1. The van der Waals surface area contributed by atoms with Gasteiger partial charge in [-0.05, 0) is 57.7 Å². The second kappa shape index (κ2) is 9.21. The molecule has 0 saturated heterocycles. The van der Waals surface area contributed by atoms with E-state index in [1.807, 2.05) is 24.3 Å². The fourth-order valence-electron chi connectivity index (χ4n) is 2.42. The second-order valence-electron chi connectivity index (χ2n) is 7.33. The predicted molar refractivity (Wildman–Crippen MR) is 101 cm³/mol. The van der Waals surface area contributed by atoms with E-state index in [9.17, 15) is 13.2 Å². The number of sulfone groups is 1. The van der Waals surface area contributed by atoms with Gasteiger partial charge in [0.2, 0.25) is 5.91 Å². The van der Waals surface area contributed by atoms with Crippen LogP contribution in [-0.4, -0.2) is 24.8 Å². The van der Waals surface area contributed by atoms with Crippen LogP contribution in [0.3, 0.4) is 0 Å². The minimum atomic E-state index is -2.98. The third kappa shape index (κ3) is 7.47. The molecule has 0 heterocycles. The largest absolute Gasteiger partial charge is 0.326 e. The van der Waals surface area contributed by atoms with E-state index >= 15 is 0 Å². The number of benzene rings is 1. The summed E-state index contributed by atoms with van der Waals surface area (Å²) >= 11 is 0. The maximum Gasteiger partial charge on any atom is 0.221 e. The van der Waals surface area contributed by atoms with Gasteiger partial charge >= 0.3 is 0 Å². The highest BCUT2D eigenvalue weighted by atomic mass is 32.2. The van der Waals surface area contributed by atoms with E-state index in [2.05, 4.69) is 5.32 Å². The number of unbranched alkanes of at least 4 members (excludes halogenated alkanes) is 4. The molecular formula is C19H31NO3S. The Morgan fingerprint density at radius 2 is 1.50 bits per heavy atom. The molecule has 0 fully saturated rings. The van der Waals surface area contributed by atoms with Crippen LogP contribution in [0.1, 0.15) is 65.4 Å². The van der Waals surface area contributed by atoms with Crippen molar-refractivity contribution in [3.8, 4) is 0 Å². The molecule has 0 aliphatic carbocycles. The number of carbonyl (C=O) groups is 1. The highest BCUT2D eigenvalue weighted by molar-refractivity contribution is 7.92. The molecule has 0 atom stereocenters. The Balaban J connectivity index is 2.17. The molecule has 0 aromatic heterocycles. The Hall–Kier alpha value is -1.36. The molecule has 0 aliphatic heterocycles. The Labute approximate surface area is 147 Å². The quantitative estimate of drug-likeness (QED) is 0.671. The first-order valence-corrected chi connectivity index (χ1v) is 10.4. The van der Waals surface area contributed by atoms with Gasteiger partial charge in [0.05, 0.1) is 10.5 Å². The summed E-state index contributed by atoms with van der Waals surface area (Å²) < 4.78 is 23.3. The third-order valence-corrected chi connectivity index (χ3v) is 6.78. The first-order chi connectivity index (χ1) is 11.1. The van der Waals surface area contributed by atoms with E-state index in [-0.39, 0.29) is 5.91 Å². The van der Waals surface area contributed by atoms with Gasteiger partial charge in [-0.1, -0.05) is 31.4 Å². The van der Waals surface area contributed by atoms with Crippen molar-refractivity contribution in [3.05, 3.63) is 29.8 Å². The number of nitrogens with one attached hydrogen (secondary N) is 1. The van der Waals surface area contributed by atoms with Gasteiger partial charge in [-0.3, -0.25) is 4.79 Å². The zero-order valence-corrected chi connectivity index (χ0v) is 16.2. The summed E-state index contributed by atoms with van der Waals surface area (Å²) in [6, 6.07) is 7.94. The van der Waals surface area contributed by atoms with Crippen LogP contribution in [0.15, 0.2) is 24.3 Å². The SMILES string of the molecule is CC(=O)Nc1ccc(CCCCCCCS(=O)(=O)C(C)(C)C)cc1. The van der Waals surface area contributed by atoms with Crippen molar-refractivity contribution >= 4 is 21.4 Å². The van der Waals surface area contributed by atoms with Crippen LogP contribution < -0.4 is 5.32 Å². The van der Waals surface area contributed by atoms with Gasteiger partial charge < -0.3 is 5.32 Å². The molecule has 24 heavy (non-hydrogen) atoms. The number of rotatable bonds is 9. The summed E-state index contributed by atoms with van der Waals surface area (Å²) in [4.78, 5) is 11.0. The highest BCUT2D eigenvalue weighted by Gasteiger charge is 2.27. The average molecular weight is 354 g/mol. The van der Waals surface area contributed by atoms with Gasteiger partial charge in [0.25, 0.3) is 0 Å². The third-order valence-electron chi connectivity index (χ3n) is 4.09. The van der Waals surface area contributed by atoms with Gasteiger partial charge in [0.1, 0.15) is 0 Å². The lowest BCUT2D eigenvalue weighted by molar-refractivity contribution is -0.114. The smallest absolute Gasteiger partial charge is 0.221 e. The number of hydrogen-bond donors (Lipinski definition) is 1. The molecule has 1 aromatic rings. The summed E-state index contributed by atoms with van der Waals surface area (Å²) in [6.07, 6.45) is 6.03. The van der Waals surface area contributed by atoms with Crippen LogP contribution in [0.2, 0.25) is 0 Å². The fraction of sp³-hybridized carbons (Fsp3) is 0.632. The molecule has 0 bridgehead atoms. The molecule has 4 nitrogen and oxygen atoms in total. The summed E-state index contributed by atoms with van der Waals surface area (Å²) in [5.74, 6) is 0.234.